The molecule has 0 radical (unpaired) electrons. The summed E-state index contributed by atoms with van der Waals surface area (Å²) >= 11 is 0. The molecule has 1 aliphatic rings. The summed E-state index contributed by atoms with van der Waals surface area (Å²) in [4.78, 5) is 0. The van der Waals surface area contributed by atoms with E-state index in [0.29, 0.717) is 5.69 Å². The molecule has 0 bridgehead atoms. The fraction of sp³-hybridized carbons (Fsp3) is 0.571. The second-order valence-corrected chi connectivity index (χ2v) is 5.68. The number of aliphatic hydroxyl groups excluding tert-OH is 1. The van der Waals surface area contributed by atoms with Crippen molar-refractivity contribution in [1.29, 1.82) is 0 Å². The zero-order valence-electron chi connectivity index (χ0n) is 12.0. The third-order valence-electron chi connectivity index (χ3n) is 3.86. The van der Waals surface area contributed by atoms with Gasteiger partial charge in [0.15, 0.2) is 11.5 Å². The van der Waals surface area contributed by atoms with Gasteiger partial charge in [0.25, 0.3) is 0 Å². The van der Waals surface area contributed by atoms with Gasteiger partial charge in [0.2, 0.25) is 0 Å². The van der Waals surface area contributed by atoms with E-state index in [1.807, 2.05) is 0 Å². The molecule has 0 unspecified atom stereocenters. The van der Waals surface area contributed by atoms with Gasteiger partial charge in [-0.15, -0.1) is 0 Å². The van der Waals surface area contributed by atoms with Gasteiger partial charge in [0.1, 0.15) is 0 Å². The number of alkyl halides is 3. The average molecular weight is 315 g/mol. The molecule has 2 aromatic rings. The van der Waals surface area contributed by atoms with Crippen molar-refractivity contribution in [2.24, 2.45) is 0 Å². The minimum absolute atomic E-state index is 0.0612. The van der Waals surface area contributed by atoms with Gasteiger partial charge in [-0.25, -0.2) is 0 Å². The summed E-state index contributed by atoms with van der Waals surface area (Å²) < 4.78 is 45.8. The van der Waals surface area contributed by atoms with Crippen molar-refractivity contribution in [3.8, 4) is 11.3 Å². The molecule has 120 valence electrons. The summed E-state index contributed by atoms with van der Waals surface area (Å²) in [5.41, 5.74) is -0.381. The Kier molecular flexibility index (Phi) is 3.72. The summed E-state index contributed by atoms with van der Waals surface area (Å²) in [6.45, 7) is 1.17. The summed E-state index contributed by atoms with van der Waals surface area (Å²) in [6, 6.07) is 1.56. The topological polar surface area (TPSA) is 64.1 Å². The zero-order chi connectivity index (χ0) is 15.9. The second kappa shape index (κ2) is 5.42. The van der Waals surface area contributed by atoms with Crippen molar-refractivity contribution in [3.05, 3.63) is 23.7 Å². The van der Waals surface area contributed by atoms with Crippen molar-refractivity contribution >= 4 is 0 Å². The number of nitrogens with zero attached hydrogens (tertiary/aromatic N) is 3. The molecule has 0 aliphatic heterocycles. The van der Waals surface area contributed by atoms with Crippen LogP contribution >= 0.6 is 0 Å². The van der Waals surface area contributed by atoms with Crippen LogP contribution in [-0.2, 0) is 12.7 Å². The van der Waals surface area contributed by atoms with Gasteiger partial charge in [0, 0.05) is 12.0 Å². The highest BCUT2D eigenvalue weighted by molar-refractivity contribution is 5.60. The van der Waals surface area contributed by atoms with Gasteiger partial charge in [-0.3, -0.25) is 4.68 Å². The van der Waals surface area contributed by atoms with Crippen LogP contribution in [-0.4, -0.2) is 26.1 Å². The van der Waals surface area contributed by atoms with Crippen LogP contribution in [0.25, 0.3) is 11.3 Å². The predicted octanol–water partition coefficient (Wildman–Crippen LogP) is 3.21. The molecule has 0 aromatic carbocycles. The summed E-state index contributed by atoms with van der Waals surface area (Å²) in [6.07, 6.45) is -1.35. The maximum Gasteiger partial charge on any atom is 0.433 e. The highest BCUT2D eigenvalue weighted by atomic mass is 19.4. The van der Waals surface area contributed by atoms with Crippen molar-refractivity contribution in [2.75, 3.05) is 0 Å². The van der Waals surface area contributed by atoms with Crippen LogP contribution in [0.15, 0.2) is 16.8 Å². The van der Waals surface area contributed by atoms with Gasteiger partial charge in [-0.1, -0.05) is 11.6 Å². The molecule has 1 aliphatic carbocycles. The monoisotopic (exact) mass is 315 g/mol. The van der Waals surface area contributed by atoms with Crippen LogP contribution < -0.4 is 0 Å². The lowest BCUT2D eigenvalue weighted by atomic mass is 9.83. The Morgan fingerprint density at radius 1 is 1.45 bits per heavy atom. The third kappa shape index (κ3) is 2.75. The Bertz CT molecular complexity index is 657. The Balaban J connectivity index is 1.99. The average Bonchev–Trinajstić information content (AvgIpc) is 2.91. The molecule has 0 amide bonds. The molecular formula is C14H16F3N3O2. The smallest absolute Gasteiger partial charge is 0.391 e. The molecule has 2 aromatic heterocycles. The van der Waals surface area contributed by atoms with Crippen LogP contribution in [0, 0.1) is 0 Å². The molecule has 3 rings (SSSR count). The fourth-order valence-corrected chi connectivity index (χ4v) is 2.57. The van der Waals surface area contributed by atoms with Crippen molar-refractivity contribution in [1.82, 2.24) is 14.9 Å². The SMILES string of the molecule is C[C@@H](O)Cn1ncc(-c2cc(C3CCC3)no2)c1C(F)(F)F. The summed E-state index contributed by atoms with van der Waals surface area (Å²) in [5.74, 6) is 0.338. The van der Waals surface area contributed by atoms with Crippen molar-refractivity contribution < 1.29 is 22.8 Å². The first-order valence-electron chi connectivity index (χ1n) is 7.14. The Labute approximate surface area is 124 Å². The van der Waals surface area contributed by atoms with E-state index in [-0.39, 0.29) is 23.8 Å². The molecule has 0 spiro atoms. The lowest BCUT2D eigenvalue weighted by molar-refractivity contribution is -0.144. The minimum Gasteiger partial charge on any atom is -0.391 e. The molecule has 8 heteroatoms. The number of hydrogen-bond donors (Lipinski definition) is 1. The van der Waals surface area contributed by atoms with E-state index in [2.05, 4.69) is 10.3 Å². The van der Waals surface area contributed by atoms with Crippen LogP contribution in [0.2, 0.25) is 0 Å². The number of aromatic nitrogens is 3. The first kappa shape index (κ1) is 15.1. The molecule has 1 saturated carbocycles. The van der Waals surface area contributed by atoms with Crippen LogP contribution in [0.5, 0.6) is 0 Å². The van der Waals surface area contributed by atoms with Crippen molar-refractivity contribution in [2.45, 2.75) is 50.9 Å². The van der Waals surface area contributed by atoms with E-state index < -0.39 is 18.0 Å². The van der Waals surface area contributed by atoms with Crippen LogP contribution in [0.1, 0.15) is 43.5 Å². The van der Waals surface area contributed by atoms with E-state index in [9.17, 15) is 18.3 Å². The van der Waals surface area contributed by atoms with Gasteiger partial charge < -0.3 is 9.63 Å². The van der Waals surface area contributed by atoms with E-state index in [4.69, 9.17) is 4.52 Å². The lowest BCUT2D eigenvalue weighted by Gasteiger charge is -2.22. The van der Waals surface area contributed by atoms with E-state index >= 15 is 0 Å². The zero-order valence-corrected chi connectivity index (χ0v) is 12.0. The number of aliphatic hydroxyl groups is 1. The highest BCUT2D eigenvalue weighted by Gasteiger charge is 2.40. The Morgan fingerprint density at radius 2 is 2.18 bits per heavy atom. The molecule has 2 heterocycles. The number of rotatable bonds is 4. The van der Waals surface area contributed by atoms with Gasteiger partial charge in [-0.05, 0) is 19.8 Å². The second-order valence-electron chi connectivity index (χ2n) is 5.68. The van der Waals surface area contributed by atoms with Gasteiger partial charge in [-0.2, -0.15) is 18.3 Å². The summed E-state index contributed by atoms with van der Waals surface area (Å²) in [7, 11) is 0. The summed E-state index contributed by atoms with van der Waals surface area (Å²) in [5, 5.41) is 16.9. The van der Waals surface area contributed by atoms with Gasteiger partial charge in [0.05, 0.1) is 30.1 Å². The molecule has 1 N–H and O–H groups in total. The Morgan fingerprint density at radius 3 is 2.73 bits per heavy atom. The maximum atomic E-state index is 13.3. The molecule has 22 heavy (non-hydrogen) atoms. The van der Waals surface area contributed by atoms with Crippen molar-refractivity contribution in [3.63, 3.8) is 0 Å². The van der Waals surface area contributed by atoms with E-state index in [1.165, 1.54) is 6.92 Å². The van der Waals surface area contributed by atoms with Crippen LogP contribution in [0.4, 0.5) is 13.2 Å². The molecular weight excluding hydrogens is 299 g/mol. The molecule has 5 nitrogen and oxygen atoms in total. The maximum absolute atomic E-state index is 13.3. The lowest BCUT2D eigenvalue weighted by Crippen LogP contribution is -2.20. The third-order valence-corrected chi connectivity index (χ3v) is 3.86. The first-order chi connectivity index (χ1) is 10.4. The molecule has 1 atom stereocenters. The quantitative estimate of drug-likeness (QED) is 0.941. The van der Waals surface area contributed by atoms with Crippen LogP contribution in [0.3, 0.4) is 0 Å². The molecule has 1 fully saturated rings. The first-order valence-corrected chi connectivity index (χ1v) is 7.14. The number of hydrogen-bond acceptors (Lipinski definition) is 4. The predicted molar refractivity (Wildman–Crippen MR) is 71.0 cm³/mol. The van der Waals surface area contributed by atoms with E-state index in [1.54, 1.807) is 6.07 Å². The fourth-order valence-electron chi connectivity index (χ4n) is 2.57. The Hall–Kier alpha value is -1.83. The highest BCUT2D eigenvalue weighted by Crippen LogP contribution is 2.40. The van der Waals surface area contributed by atoms with Gasteiger partial charge >= 0.3 is 6.18 Å². The largest absolute Gasteiger partial charge is 0.433 e. The number of halogens is 3. The normalized spacial score (nSPS) is 17.5. The standard InChI is InChI=1S/C14H16F3N3O2/c1-8(21)7-20-13(14(15,16)17)10(6-18-20)12-5-11(19-22-12)9-3-2-4-9/h5-6,8-9,21H,2-4,7H2,1H3/t8-/m1/s1. The van der Waals surface area contributed by atoms with E-state index in [0.717, 1.165) is 30.1 Å². The minimum atomic E-state index is -4.59. The molecule has 0 saturated heterocycles.